The molecule has 0 N–H and O–H groups in total. The maximum absolute atomic E-state index is 11.4. The predicted octanol–water partition coefficient (Wildman–Crippen LogP) is 2.71. The van der Waals surface area contributed by atoms with Crippen molar-refractivity contribution in [3.63, 3.8) is 0 Å². The fraction of sp³-hybridized carbons (Fsp3) is 0.400. The van der Waals surface area contributed by atoms with Crippen molar-refractivity contribution in [1.29, 1.82) is 0 Å². The highest BCUT2D eigenvalue weighted by atomic mass is 127. The second-order valence-corrected chi connectivity index (χ2v) is 4.90. The van der Waals surface area contributed by atoms with Gasteiger partial charge in [-0.2, -0.15) is 0 Å². The van der Waals surface area contributed by atoms with E-state index in [1.165, 1.54) is 6.08 Å². The van der Waals surface area contributed by atoms with Crippen LogP contribution in [-0.2, 0) is 19.0 Å². The summed E-state index contributed by atoms with van der Waals surface area (Å²) in [4.78, 5) is 11.4. The first-order valence-corrected chi connectivity index (χ1v) is 7.97. The highest BCUT2D eigenvalue weighted by Crippen LogP contribution is 2.00. The average molecular weight is 390 g/mol. The van der Waals surface area contributed by atoms with Crippen molar-refractivity contribution in [1.82, 2.24) is 0 Å². The van der Waals surface area contributed by atoms with Gasteiger partial charge in [0, 0.05) is 10.5 Å². The number of hydrogen-bond acceptors (Lipinski definition) is 4. The van der Waals surface area contributed by atoms with Crippen molar-refractivity contribution in [2.75, 3.05) is 37.5 Å². The molecule has 0 aliphatic heterocycles. The molecule has 0 amide bonds. The molecule has 110 valence electrons. The Morgan fingerprint density at radius 1 is 1.00 bits per heavy atom. The molecule has 0 saturated heterocycles. The average Bonchev–Trinajstić information content (AvgIpc) is 2.49. The van der Waals surface area contributed by atoms with Crippen molar-refractivity contribution in [3.8, 4) is 0 Å². The fourth-order valence-electron chi connectivity index (χ4n) is 1.35. The van der Waals surface area contributed by atoms with Crippen molar-refractivity contribution < 1.29 is 19.0 Å². The summed E-state index contributed by atoms with van der Waals surface area (Å²) in [5.74, 6) is -0.362. The Morgan fingerprint density at radius 2 is 1.65 bits per heavy atom. The van der Waals surface area contributed by atoms with Crippen molar-refractivity contribution in [2.24, 2.45) is 0 Å². The molecular formula is C15H19IO4. The first kappa shape index (κ1) is 17.1. The molecule has 0 heterocycles. The number of carbonyl (C=O) groups excluding carboxylic acids is 1. The molecular weight excluding hydrogens is 371 g/mol. The molecule has 0 aromatic heterocycles. The Bertz CT molecular complexity index is 392. The molecule has 0 bridgehead atoms. The summed E-state index contributed by atoms with van der Waals surface area (Å²) in [6.07, 6.45) is 3.14. The monoisotopic (exact) mass is 390 g/mol. The van der Waals surface area contributed by atoms with Crippen LogP contribution < -0.4 is 0 Å². The van der Waals surface area contributed by atoms with Crippen LogP contribution >= 0.6 is 22.6 Å². The maximum atomic E-state index is 11.4. The smallest absolute Gasteiger partial charge is 0.330 e. The van der Waals surface area contributed by atoms with E-state index in [0.29, 0.717) is 19.8 Å². The number of benzene rings is 1. The zero-order chi connectivity index (χ0) is 14.5. The largest absolute Gasteiger partial charge is 0.460 e. The summed E-state index contributed by atoms with van der Waals surface area (Å²) in [5, 5.41) is 0. The van der Waals surface area contributed by atoms with E-state index in [2.05, 4.69) is 22.6 Å². The summed E-state index contributed by atoms with van der Waals surface area (Å²) in [6.45, 7) is 2.48. The van der Waals surface area contributed by atoms with Crippen LogP contribution in [0.1, 0.15) is 5.56 Å². The molecule has 0 fully saturated rings. The molecule has 0 saturated carbocycles. The minimum absolute atomic E-state index is 0.254. The van der Waals surface area contributed by atoms with Crippen LogP contribution in [0.2, 0.25) is 0 Å². The lowest BCUT2D eigenvalue weighted by Crippen LogP contribution is -2.12. The van der Waals surface area contributed by atoms with Gasteiger partial charge < -0.3 is 14.2 Å². The molecule has 1 aromatic carbocycles. The van der Waals surface area contributed by atoms with Gasteiger partial charge in [-0.1, -0.05) is 52.9 Å². The van der Waals surface area contributed by atoms with Crippen LogP contribution in [0.4, 0.5) is 0 Å². The Balaban J connectivity index is 2.02. The van der Waals surface area contributed by atoms with Gasteiger partial charge in [0.2, 0.25) is 0 Å². The zero-order valence-corrected chi connectivity index (χ0v) is 13.5. The van der Waals surface area contributed by atoms with Gasteiger partial charge >= 0.3 is 5.97 Å². The van der Waals surface area contributed by atoms with Crippen LogP contribution in [0.5, 0.6) is 0 Å². The number of alkyl halides is 1. The van der Waals surface area contributed by atoms with Gasteiger partial charge in [0.15, 0.2) is 0 Å². The normalized spacial score (nSPS) is 10.8. The van der Waals surface area contributed by atoms with E-state index in [-0.39, 0.29) is 12.6 Å². The molecule has 0 spiro atoms. The van der Waals surface area contributed by atoms with Crippen molar-refractivity contribution in [3.05, 3.63) is 42.0 Å². The summed E-state index contributed by atoms with van der Waals surface area (Å²) < 4.78 is 16.5. The molecule has 1 rings (SSSR count). The molecule has 0 atom stereocenters. The number of rotatable bonds is 10. The first-order valence-electron chi connectivity index (χ1n) is 6.44. The lowest BCUT2D eigenvalue weighted by Gasteiger charge is -2.05. The number of carbonyl (C=O) groups is 1. The number of esters is 1. The zero-order valence-electron chi connectivity index (χ0n) is 11.3. The van der Waals surface area contributed by atoms with Gasteiger partial charge in [-0.25, -0.2) is 4.79 Å². The highest BCUT2D eigenvalue weighted by molar-refractivity contribution is 14.1. The second-order valence-electron chi connectivity index (χ2n) is 3.83. The van der Waals surface area contributed by atoms with Crippen molar-refractivity contribution >= 4 is 34.6 Å². The molecule has 1 aromatic rings. The highest BCUT2D eigenvalue weighted by Gasteiger charge is 1.97. The van der Waals surface area contributed by atoms with Crippen LogP contribution in [-0.4, -0.2) is 43.4 Å². The van der Waals surface area contributed by atoms with Crippen molar-refractivity contribution in [2.45, 2.75) is 0 Å². The van der Waals surface area contributed by atoms with Gasteiger partial charge in [-0.05, 0) is 11.6 Å². The molecule has 4 nitrogen and oxygen atoms in total. The van der Waals surface area contributed by atoms with Gasteiger partial charge in [0.1, 0.15) is 6.61 Å². The first-order chi connectivity index (χ1) is 9.83. The molecule has 0 unspecified atom stereocenters. The minimum atomic E-state index is -0.362. The summed E-state index contributed by atoms with van der Waals surface area (Å²) >= 11 is 2.25. The standard InChI is InChI=1S/C15H19IO4/c16-8-9-18-10-11-19-12-13-20-15(17)7-6-14-4-2-1-3-5-14/h1-7H,8-13H2/b7-6+. The quantitative estimate of drug-likeness (QED) is 0.203. The van der Waals surface area contributed by atoms with Crippen LogP contribution in [0.15, 0.2) is 36.4 Å². The van der Waals surface area contributed by atoms with E-state index in [1.54, 1.807) is 6.08 Å². The number of halogens is 1. The lowest BCUT2D eigenvalue weighted by atomic mass is 10.2. The van der Waals surface area contributed by atoms with Gasteiger partial charge in [-0.15, -0.1) is 0 Å². The molecule has 20 heavy (non-hydrogen) atoms. The third kappa shape index (κ3) is 9.06. The summed E-state index contributed by atoms with van der Waals surface area (Å²) in [5.41, 5.74) is 0.966. The third-order valence-electron chi connectivity index (χ3n) is 2.28. The van der Waals surface area contributed by atoms with Gasteiger partial charge in [0.25, 0.3) is 0 Å². The Labute approximate surface area is 133 Å². The predicted molar refractivity (Wildman–Crippen MR) is 87.0 cm³/mol. The van der Waals surface area contributed by atoms with Gasteiger partial charge in [-0.3, -0.25) is 0 Å². The minimum Gasteiger partial charge on any atom is -0.460 e. The van der Waals surface area contributed by atoms with Crippen LogP contribution in [0.25, 0.3) is 6.08 Å². The SMILES string of the molecule is O=C(/C=C/c1ccccc1)OCCOCCOCCI. The van der Waals surface area contributed by atoms with E-state index in [1.807, 2.05) is 30.3 Å². The molecule has 5 heteroatoms. The Hall–Kier alpha value is -0.920. The summed E-state index contributed by atoms with van der Waals surface area (Å²) in [6, 6.07) is 9.60. The molecule has 0 aliphatic rings. The molecule has 0 aliphatic carbocycles. The Kier molecular flexibility index (Phi) is 10.2. The van der Waals surface area contributed by atoms with E-state index in [4.69, 9.17) is 14.2 Å². The number of ether oxygens (including phenoxy) is 3. The van der Waals surface area contributed by atoms with E-state index in [0.717, 1.165) is 16.6 Å². The number of hydrogen-bond donors (Lipinski definition) is 0. The van der Waals surface area contributed by atoms with E-state index in [9.17, 15) is 4.79 Å². The van der Waals surface area contributed by atoms with E-state index < -0.39 is 0 Å². The van der Waals surface area contributed by atoms with Crippen LogP contribution in [0.3, 0.4) is 0 Å². The third-order valence-corrected chi connectivity index (χ3v) is 2.72. The van der Waals surface area contributed by atoms with Gasteiger partial charge in [0.05, 0.1) is 26.4 Å². The van der Waals surface area contributed by atoms with Crippen LogP contribution in [0, 0.1) is 0 Å². The molecule has 0 radical (unpaired) electrons. The maximum Gasteiger partial charge on any atom is 0.330 e. The summed E-state index contributed by atoms with van der Waals surface area (Å²) in [7, 11) is 0. The second kappa shape index (κ2) is 11.9. The Morgan fingerprint density at radius 3 is 2.35 bits per heavy atom. The lowest BCUT2D eigenvalue weighted by molar-refractivity contribution is -0.139. The fourth-order valence-corrected chi connectivity index (χ4v) is 1.67. The van der Waals surface area contributed by atoms with E-state index >= 15 is 0 Å². The topological polar surface area (TPSA) is 44.8 Å².